The summed E-state index contributed by atoms with van der Waals surface area (Å²) >= 11 is 0. The van der Waals surface area contributed by atoms with Gasteiger partial charge in [0.25, 0.3) is 5.91 Å². The van der Waals surface area contributed by atoms with E-state index in [1.807, 2.05) is 17.0 Å². The summed E-state index contributed by atoms with van der Waals surface area (Å²) in [5.41, 5.74) is 6.39. The molecule has 1 atom stereocenters. The molecule has 21 heavy (non-hydrogen) atoms. The van der Waals surface area contributed by atoms with E-state index >= 15 is 0 Å². The molecule has 1 aromatic carbocycles. The van der Waals surface area contributed by atoms with Gasteiger partial charge < -0.3 is 15.4 Å². The fraction of sp³-hybridized carbons (Fsp3) is 0.588. The fourth-order valence-corrected chi connectivity index (χ4v) is 2.95. The van der Waals surface area contributed by atoms with Gasteiger partial charge in [0, 0.05) is 13.1 Å². The van der Waals surface area contributed by atoms with E-state index in [0.717, 1.165) is 31.8 Å². The molecule has 0 aliphatic carbocycles. The van der Waals surface area contributed by atoms with Crippen LogP contribution in [0.1, 0.15) is 39.0 Å². The average molecular weight is 290 g/mol. The van der Waals surface area contributed by atoms with Crippen molar-refractivity contribution in [1.82, 2.24) is 4.90 Å². The van der Waals surface area contributed by atoms with E-state index in [1.165, 1.54) is 19.3 Å². The molecule has 1 fully saturated rings. The quantitative estimate of drug-likeness (QED) is 0.848. The van der Waals surface area contributed by atoms with Gasteiger partial charge >= 0.3 is 0 Å². The molecule has 1 aromatic rings. The molecule has 1 aliphatic heterocycles. The Hall–Kier alpha value is -1.71. The number of nitrogen functional groups attached to an aromatic ring is 1. The van der Waals surface area contributed by atoms with E-state index in [4.69, 9.17) is 10.5 Å². The van der Waals surface area contributed by atoms with Crippen molar-refractivity contribution in [2.24, 2.45) is 5.92 Å². The number of ether oxygens (including phenoxy) is 1. The highest BCUT2D eigenvalue weighted by Gasteiger charge is 2.20. The highest BCUT2D eigenvalue weighted by Crippen LogP contribution is 2.23. The molecule has 1 unspecified atom stereocenters. The number of nitrogens with zero attached hydrogens (tertiary/aromatic N) is 1. The Balaban J connectivity index is 1.82. The third-order valence-electron chi connectivity index (χ3n) is 4.17. The number of amides is 1. The van der Waals surface area contributed by atoms with E-state index in [0.29, 0.717) is 11.4 Å². The van der Waals surface area contributed by atoms with Crippen molar-refractivity contribution in [3.8, 4) is 5.75 Å². The SMILES string of the molecule is CCCC1CCCN(C(=O)COc2ccccc2N)CC1. The van der Waals surface area contributed by atoms with Gasteiger partial charge in [0.2, 0.25) is 0 Å². The van der Waals surface area contributed by atoms with Gasteiger partial charge in [-0.25, -0.2) is 0 Å². The van der Waals surface area contributed by atoms with Crippen molar-refractivity contribution in [3.05, 3.63) is 24.3 Å². The number of para-hydroxylation sites is 2. The number of nitrogens with two attached hydrogens (primary N) is 1. The molecule has 1 saturated heterocycles. The number of hydrogen-bond acceptors (Lipinski definition) is 3. The largest absolute Gasteiger partial charge is 0.482 e. The lowest BCUT2D eigenvalue weighted by Crippen LogP contribution is -2.35. The second-order valence-corrected chi connectivity index (χ2v) is 5.79. The Morgan fingerprint density at radius 2 is 2.14 bits per heavy atom. The van der Waals surface area contributed by atoms with Crippen LogP contribution in [0.15, 0.2) is 24.3 Å². The van der Waals surface area contributed by atoms with Crippen molar-refractivity contribution in [2.75, 3.05) is 25.4 Å². The minimum atomic E-state index is 0.0652. The normalized spacial score (nSPS) is 19.1. The number of anilines is 1. The molecule has 4 nitrogen and oxygen atoms in total. The number of carbonyl (C=O) groups is 1. The van der Waals surface area contributed by atoms with Gasteiger partial charge in [0.15, 0.2) is 6.61 Å². The molecule has 4 heteroatoms. The van der Waals surface area contributed by atoms with E-state index in [-0.39, 0.29) is 12.5 Å². The van der Waals surface area contributed by atoms with E-state index in [2.05, 4.69) is 6.92 Å². The lowest BCUT2D eigenvalue weighted by Gasteiger charge is -2.21. The molecule has 116 valence electrons. The maximum atomic E-state index is 12.3. The number of likely N-dealkylation sites (tertiary alicyclic amines) is 1. The first kappa shape index (κ1) is 15.7. The monoisotopic (exact) mass is 290 g/mol. The van der Waals surface area contributed by atoms with E-state index in [9.17, 15) is 4.79 Å². The smallest absolute Gasteiger partial charge is 0.260 e. The first-order valence-corrected chi connectivity index (χ1v) is 7.95. The Morgan fingerprint density at radius 3 is 2.90 bits per heavy atom. The first-order chi connectivity index (χ1) is 10.2. The molecule has 1 amide bonds. The van der Waals surface area contributed by atoms with Gasteiger partial charge in [-0.15, -0.1) is 0 Å². The van der Waals surface area contributed by atoms with Gasteiger partial charge in [0.1, 0.15) is 5.75 Å². The molecule has 1 heterocycles. The zero-order chi connectivity index (χ0) is 15.1. The number of hydrogen-bond donors (Lipinski definition) is 1. The predicted octanol–water partition coefficient (Wildman–Crippen LogP) is 3.08. The molecular formula is C17H26N2O2. The Bertz CT molecular complexity index is 462. The summed E-state index contributed by atoms with van der Waals surface area (Å²) in [4.78, 5) is 14.2. The topological polar surface area (TPSA) is 55.6 Å². The molecule has 2 N–H and O–H groups in total. The number of rotatable bonds is 5. The van der Waals surface area contributed by atoms with Crippen LogP contribution >= 0.6 is 0 Å². The first-order valence-electron chi connectivity index (χ1n) is 7.95. The summed E-state index contributed by atoms with van der Waals surface area (Å²) in [6.45, 7) is 4.02. The van der Waals surface area contributed by atoms with Crippen LogP contribution < -0.4 is 10.5 Å². The standard InChI is InChI=1S/C17H26N2O2/c1-2-6-14-7-5-11-19(12-10-14)17(20)13-21-16-9-4-3-8-15(16)18/h3-4,8-9,14H,2,5-7,10-13,18H2,1H3. The molecule has 0 aromatic heterocycles. The highest BCUT2D eigenvalue weighted by molar-refractivity contribution is 5.78. The van der Waals surface area contributed by atoms with Crippen LogP contribution in [0.4, 0.5) is 5.69 Å². The van der Waals surface area contributed by atoms with Crippen LogP contribution in [0.25, 0.3) is 0 Å². The third kappa shape index (κ3) is 4.66. The highest BCUT2D eigenvalue weighted by atomic mass is 16.5. The van der Waals surface area contributed by atoms with Crippen LogP contribution in [0.3, 0.4) is 0 Å². The van der Waals surface area contributed by atoms with Gasteiger partial charge in [0.05, 0.1) is 5.69 Å². The Kier molecular flexibility index (Phi) is 5.90. The molecular weight excluding hydrogens is 264 g/mol. The van der Waals surface area contributed by atoms with Gasteiger partial charge in [-0.2, -0.15) is 0 Å². The van der Waals surface area contributed by atoms with Gasteiger partial charge in [-0.1, -0.05) is 31.9 Å². The van der Waals surface area contributed by atoms with Gasteiger partial charge in [-0.3, -0.25) is 4.79 Å². The van der Waals surface area contributed by atoms with E-state index < -0.39 is 0 Å². The molecule has 0 radical (unpaired) electrons. The van der Waals surface area contributed by atoms with Crippen LogP contribution in [-0.4, -0.2) is 30.5 Å². The minimum Gasteiger partial charge on any atom is -0.482 e. The van der Waals surface area contributed by atoms with Crippen molar-refractivity contribution >= 4 is 11.6 Å². The van der Waals surface area contributed by atoms with Gasteiger partial charge in [-0.05, 0) is 37.3 Å². The molecule has 0 bridgehead atoms. The summed E-state index contributed by atoms with van der Waals surface area (Å²) in [5.74, 6) is 1.43. The zero-order valence-electron chi connectivity index (χ0n) is 12.9. The van der Waals surface area contributed by atoms with Crippen molar-refractivity contribution in [1.29, 1.82) is 0 Å². The summed E-state index contributed by atoms with van der Waals surface area (Å²) in [6, 6.07) is 7.29. The second kappa shape index (κ2) is 7.91. The van der Waals surface area contributed by atoms with Crippen LogP contribution in [-0.2, 0) is 4.79 Å². The summed E-state index contributed by atoms with van der Waals surface area (Å²) < 4.78 is 5.55. The van der Waals surface area contributed by atoms with E-state index in [1.54, 1.807) is 12.1 Å². The lowest BCUT2D eigenvalue weighted by molar-refractivity contribution is -0.133. The third-order valence-corrected chi connectivity index (χ3v) is 4.17. The number of benzene rings is 1. The summed E-state index contributed by atoms with van der Waals surface area (Å²) in [7, 11) is 0. The van der Waals surface area contributed by atoms with Crippen LogP contribution in [0.2, 0.25) is 0 Å². The summed E-state index contributed by atoms with van der Waals surface area (Å²) in [6.07, 6.45) is 5.97. The minimum absolute atomic E-state index is 0.0652. The van der Waals surface area contributed by atoms with Crippen molar-refractivity contribution in [2.45, 2.75) is 39.0 Å². The fourth-order valence-electron chi connectivity index (χ4n) is 2.95. The molecule has 2 rings (SSSR count). The maximum absolute atomic E-state index is 12.3. The maximum Gasteiger partial charge on any atom is 0.260 e. The van der Waals surface area contributed by atoms with Crippen molar-refractivity contribution in [3.63, 3.8) is 0 Å². The molecule has 1 aliphatic rings. The molecule has 0 saturated carbocycles. The predicted molar refractivity (Wildman–Crippen MR) is 85.2 cm³/mol. The Morgan fingerprint density at radius 1 is 1.33 bits per heavy atom. The van der Waals surface area contributed by atoms with Crippen LogP contribution in [0.5, 0.6) is 5.75 Å². The average Bonchev–Trinajstić information content (AvgIpc) is 2.72. The van der Waals surface area contributed by atoms with Crippen LogP contribution in [0, 0.1) is 5.92 Å². The zero-order valence-corrected chi connectivity index (χ0v) is 12.9. The number of carbonyl (C=O) groups excluding carboxylic acids is 1. The lowest BCUT2D eigenvalue weighted by atomic mass is 9.96. The Labute approximate surface area is 127 Å². The van der Waals surface area contributed by atoms with Crippen molar-refractivity contribution < 1.29 is 9.53 Å². The molecule has 0 spiro atoms. The summed E-state index contributed by atoms with van der Waals surface area (Å²) in [5, 5.41) is 0. The second-order valence-electron chi connectivity index (χ2n) is 5.79.